The summed E-state index contributed by atoms with van der Waals surface area (Å²) in [6.45, 7) is 8.06. The fraction of sp³-hybridized carbons (Fsp3) is 0.714. The van der Waals surface area contributed by atoms with Crippen molar-refractivity contribution < 1.29 is 14.3 Å². The average molecular weight is 174 g/mol. The van der Waals surface area contributed by atoms with Gasteiger partial charge in [-0.1, -0.05) is 19.6 Å². The van der Waals surface area contributed by atoms with Gasteiger partial charge in [-0.3, -0.25) is 4.79 Å². The first kappa shape index (κ1) is 10.4. The molecular weight excluding hydrogens is 160 g/mol. The molecule has 3 nitrogen and oxygen atoms in total. The van der Waals surface area contributed by atoms with Gasteiger partial charge in [0, 0.05) is 0 Å². The van der Waals surface area contributed by atoms with Crippen LogP contribution in [0.4, 0.5) is 0 Å². The van der Waals surface area contributed by atoms with E-state index >= 15 is 0 Å². The topological polar surface area (TPSA) is 43.4 Å². The zero-order valence-electron chi connectivity index (χ0n) is 7.38. The molecule has 0 aliphatic heterocycles. The molecular formula is C7H14O3Si. The standard InChI is InChI=1S/C7H14O3Si/c1-6(11(2,3)4)10-7(9)5-8/h5-6H,1-4H3. The van der Waals surface area contributed by atoms with Crippen LogP contribution in [0.2, 0.25) is 19.6 Å². The Labute approximate surface area is 67.7 Å². The molecule has 4 heteroatoms. The van der Waals surface area contributed by atoms with Gasteiger partial charge in [-0.2, -0.15) is 0 Å². The molecule has 0 bridgehead atoms. The molecule has 1 atom stereocenters. The lowest BCUT2D eigenvalue weighted by molar-refractivity contribution is -0.149. The molecule has 0 saturated carbocycles. The highest BCUT2D eigenvalue weighted by Crippen LogP contribution is 2.10. The SMILES string of the molecule is CC(OC(=O)C=O)[Si](C)(C)C. The van der Waals surface area contributed by atoms with Gasteiger partial charge in [-0.15, -0.1) is 0 Å². The van der Waals surface area contributed by atoms with Gasteiger partial charge in [0.2, 0.25) is 6.29 Å². The predicted octanol–water partition coefficient (Wildman–Crippen LogP) is 0.994. The van der Waals surface area contributed by atoms with Crippen LogP contribution >= 0.6 is 0 Å². The maximum absolute atomic E-state index is 10.5. The molecule has 0 amide bonds. The van der Waals surface area contributed by atoms with E-state index in [9.17, 15) is 9.59 Å². The summed E-state index contributed by atoms with van der Waals surface area (Å²) in [5.74, 6) is -0.764. The Bertz CT molecular complexity index is 160. The first-order valence-electron chi connectivity index (χ1n) is 3.53. The van der Waals surface area contributed by atoms with Crippen molar-refractivity contribution in [3.8, 4) is 0 Å². The van der Waals surface area contributed by atoms with Crippen LogP contribution in [0.3, 0.4) is 0 Å². The summed E-state index contributed by atoms with van der Waals surface area (Å²) in [6, 6.07) is 0. The fourth-order valence-corrected chi connectivity index (χ4v) is 0.848. The van der Waals surface area contributed by atoms with Gasteiger partial charge in [-0.25, -0.2) is 4.79 Å². The van der Waals surface area contributed by atoms with Crippen molar-refractivity contribution in [1.82, 2.24) is 0 Å². The third-order valence-electron chi connectivity index (χ3n) is 1.61. The third kappa shape index (κ3) is 3.93. The Morgan fingerprint density at radius 2 is 1.91 bits per heavy atom. The van der Waals surface area contributed by atoms with Crippen LogP contribution in [0.25, 0.3) is 0 Å². The summed E-state index contributed by atoms with van der Waals surface area (Å²) in [6.07, 6.45) is 0.205. The van der Waals surface area contributed by atoms with Crippen molar-refractivity contribution in [3.63, 3.8) is 0 Å². The fourth-order valence-electron chi connectivity index (χ4n) is 0.379. The number of carbonyl (C=O) groups is 2. The van der Waals surface area contributed by atoms with Crippen LogP contribution in [-0.2, 0) is 14.3 Å². The summed E-state index contributed by atoms with van der Waals surface area (Å²) < 4.78 is 4.82. The predicted molar refractivity (Wildman–Crippen MR) is 45.0 cm³/mol. The number of carbonyl (C=O) groups excluding carboxylic acids is 2. The second kappa shape index (κ2) is 3.66. The second-order valence-corrected chi connectivity index (χ2v) is 9.11. The lowest BCUT2D eigenvalue weighted by Gasteiger charge is -2.23. The molecule has 0 saturated heterocycles. The van der Waals surface area contributed by atoms with Crippen LogP contribution in [-0.4, -0.2) is 26.1 Å². The van der Waals surface area contributed by atoms with Crippen LogP contribution in [0.15, 0.2) is 0 Å². The van der Waals surface area contributed by atoms with Gasteiger partial charge >= 0.3 is 5.97 Å². The molecule has 0 heterocycles. The summed E-state index contributed by atoms with van der Waals surface area (Å²) >= 11 is 0. The molecule has 1 unspecified atom stereocenters. The number of esters is 1. The van der Waals surface area contributed by atoms with Crippen LogP contribution in [0, 0.1) is 0 Å². The highest BCUT2D eigenvalue weighted by Gasteiger charge is 2.25. The number of hydrogen-bond donors (Lipinski definition) is 0. The first-order valence-corrected chi connectivity index (χ1v) is 7.11. The number of rotatable bonds is 3. The molecule has 0 aliphatic rings. The van der Waals surface area contributed by atoms with E-state index in [1.54, 1.807) is 0 Å². The van der Waals surface area contributed by atoms with Crippen molar-refractivity contribution in [2.45, 2.75) is 32.3 Å². The van der Waals surface area contributed by atoms with E-state index in [4.69, 9.17) is 4.74 Å². The van der Waals surface area contributed by atoms with Gasteiger partial charge in [-0.05, 0) is 6.92 Å². The summed E-state index contributed by atoms with van der Waals surface area (Å²) in [5.41, 5.74) is -0.0970. The lowest BCUT2D eigenvalue weighted by Crippen LogP contribution is -2.39. The van der Waals surface area contributed by atoms with Crippen molar-refractivity contribution in [1.29, 1.82) is 0 Å². The molecule has 64 valence electrons. The highest BCUT2D eigenvalue weighted by atomic mass is 28.3. The molecule has 0 aliphatic carbocycles. The van der Waals surface area contributed by atoms with Gasteiger partial charge in [0.05, 0.1) is 13.8 Å². The first-order chi connectivity index (χ1) is 4.88. The zero-order chi connectivity index (χ0) is 9.07. The quantitative estimate of drug-likeness (QED) is 0.277. The molecule has 0 N–H and O–H groups in total. The van der Waals surface area contributed by atoms with Gasteiger partial charge in [0.25, 0.3) is 0 Å². The Kier molecular flexibility index (Phi) is 3.45. The van der Waals surface area contributed by atoms with Crippen molar-refractivity contribution in [2.24, 2.45) is 0 Å². The number of ether oxygens (including phenoxy) is 1. The molecule has 0 fully saturated rings. The minimum absolute atomic E-state index is 0.0970. The van der Waals surface area contributed by atoms with Crippen molar-refractivity contribution >= 4 is 20.3 Å². The molecule has 0 aromatic rings. The minimum atomic E-state index is -1.44. The number of hydrogen-bond acceptors (Lipinski definition) is 3. The summed E-state index contributed by atoms with van der Waals surface area (Å²) in [7, 11) is -1.44. The van der Waals surface area contributed by atoms with E-state index in [2.05, 4.69) is 19.6 Å². The molecule has 0 spiro atoms. The largest absolute Gasteiger partial charge is 0.461 e. The van der Waals surface area contributed by atoms with Gasteiger partial charge < -0.3 is 4.74 Å². The summed E-state index contributed by atoms with van der Waals surface area (Å²) in [5, 5.41) is 0. The Hall–Kier alpha value is -0.643. The van der Waals surface area contributed by atoms with E-state index in [1.165, 1.54) is 0 Å². The van der Waals surface area contributed by atoms with Gasteiger partial charge in [0.15, 0.2) is 0 Å². The maximum atomic E-state index is 10.5. The smallest absolute Gasteiger partial charge is 0.371 e. The van der Waals surface area contributed by atoms with Crippen LogP contribution in [0.5, 0.6) is 0 Å². The van der Waals surface area contributed by atoms with Crippen LogP contribution in [0.1, 0.15) is 6.92 Å². The van der Waals surface area contributed by atoms with E-state index in [0.717, 1.165) is 0 Å². The molecule has 0 aromatic heterocycles. The monoisotopic (exact) mass is 174 g/mol. The van der Waals surface area contributed by atoms with E-state index in [-0.39, 0.29) is 12.0 Å². The van der Waals surface area contributed by atoms with Gasteiger partial charge in [0.1, 0.15) is 0 Å². The number of aldehydes is 1. The summed E-state index contributed by atoms with van der Waals surface area (Å²) in [4.78, 5) is 20.4. The third-order valence-corrected chi connectivity index (χ3v) is 4.17. The minimum Gasteiger partial charge on any atom is -0.461 e. The van der Waals surface area contributed by atoms with E-state index < -0.39 is 14.0 Å². The molecule has 11 heavy (non-hydrogen) atoms. The maximum Gasteiger partial charge on any atom is 0.371 e. The van der Waals surface area contributed by atoms with Crippen molar-refractivity contribution in [2.75, 3.05) is 0 Å². The average Bonchev–Trinajstić information content (AvgIpc) is 1.85. The Morgan fingerprint density at radius 1 is 1.45 bits per heavy atom. The highest BCUT2D eigenvalue weighted by molar-refractivity contribution is 6.77. The Morgan fingerprint density at radius 3 is 2.18 bits per heavy atom. The van der Waals surface area contributed by atoms with Crippen molar-refractivity contribution in [3.05, 3.63) is 0 Å². The Balaban J connectivity index is 3.97. The zero-order valence-corrected chi connectivity index (χ0v) is 8.38. The molecule has 0 rings (SSSR count). The molecule has 0 radical (unpaired) electrons. The second-order valence-electron chi connectivity index (χ2n) is 3.56. The normalized spacial score (nSPS) is 13.8. The van der Waals surface area contributed by atoms with E-state index in [0.29, 0.717) is 0 Å². The lowest BCUT2D eigenvalue weighted by atomic mass is 10.7. The van der Waals surface area contributed by atoms with E-state index in [1.807, 2.05) is 6.92 Å². The molecule has 0 aromatic carbocycles. The van der Waals surface area contributed by atoms with Crippen LogP contribution < -0.4 is 0 Å².